The molecule has 0 aliphatic heterocycles. The Balaban J connectivity index is 0.00000161. The second-order valence-electron chi connectivity index (χ2n) is 8.44. The zero-order valence-corrected chi connectivity index (χ0v) is 19.6. The van der Waals surface area contributed by atoms with Crippen LogP contribution in [0.3, 0.4) is 0 Å². The average molecular weight is 462 g/mol. The number of ether oxygens (including phenoxy) is 2. The number of β-amino-alcohol motifs (C(OH)–C–C–N with tert-alkyl or cyclic N) is 1. The minimum absolute atomic E-state index is 0.157. The van der Waals surface area contributed by atoms with Crippen molar-refractivity contribution in [1.82, 2.24) is 5.32 Å². The van der Waals surface area contributed by atoms with Gasteiger partial charge in [0.1, 0.15) is 11.5 Å². The molecular formula is C20H31NO9S-2. The molecule has 0 saturated heterocycles. The van der Waals surface area contributed by atoms with Crippen molar-refractivity contribution >= 4 is 22.3 Å². The summed E-state index contributed by atoms with van der Waals surface area (Å²) in [6.45, 7) is 13.2. The third-order valence-electron chi connectivity index (χ3n) is 3.49. The van der Waals surface area contributed by atoms with Crippen LogP contribution in [0.1, 0.15) is 60.1 Å². The van der Waals surface area contributed by atoms with Crippen LogP contribution in [-0.2, 0) is 20.0 Å². The quantitative estimate of drug-likeness (QED) is 0.265. The lowest BCUT2D eigenvalue weighted by molar-refractivity contribution is -0.138. The lowest BCUT2D eigenvalue weighted by atomic mass is 10.1. The molecule has 0 fully saturated rings. The highest BCUT2D eigenvalue weighted by molar-refractivity contribution is 7.79. The number of aliphatic hydroxyl groups is 1. The van der Waals surface area contributed by atoms with Crippen LogP contribution in [0.4, 0.5) is 0 Å². The maximum atomic E-state index is 11.9. The van der Waals surface area contributed by atoms with E-state index in [9.17, 15) is 14.7 Å². The fourth-order valence-electron chi connectivity index (χ4n) is 1.89. The van der Waals surface area contributed by atoms with E-state index in [2.05, 4.69) is 5.32 Å². The van der Waals surface area contributed by atoms with Gasteiger partial charge in [0.25, 0.3) is 0 Å². The Bertz CT molecular complexity index is 794. The summed E-state index contributed by atoms with van der Waals surface area (Å²) in [4.78, 5) is 23.8. The Morgan fingerprint density at radius 1 is 0.968 bits per heavy atom. The van der Waals surface area contributed by atoms with Crippen molar-refractivity contribution in [1.29, 1.82) is 0 Å². The zero-order chi connectivity index (χ0) is 24.6. The van der Waals surface area contributed by atoms with Gasteiger partial charge in [0.05, 0.1) is 17.9 Å². The second kappa shape index (κ2) is 12.1. The number of carbonyl (C=O) groups excluding carboxylic acids is 2. The molecule has 0 spiro atoms. The first kappa shape index (κ1) is 28.9. The smallest absolute Gasteiger partial charge is 0.313 e. The van der Waals surface area contributed by atoms with Crippen molar-refractivity contribution in [2.75, 3.05) is 6.54 Å². The first-order chi connectivity index (χ1) is 13.9. The topological polar surface area (TPSA) is 165 Å². The molecule has 11 heteroatoms. The molecule has 1 rings (SSSR count). The molecule has 1 aromatic carbocycles. The van der Waals surface area contributed by atoms with Gasteiger partial charge in [-0.2, -0.15) is 0 Å². The van der Waals surface area contributed by atoms with E-state index in [1.807, 2.05) is 20.8 Å². The van der Waals surface area contributed by atoms with Gasteiger partial charge in [-0.15, -0.1) is 0 Å². The molecule has 10 nitrogen and oxygen atoms in total. The normalized spacial score (nSPS) is 12.8. The lowest BCUT2D eigenvalue weighted by Crippen LogP contribution is -2.38. The van der Waals surface area contributed by atoms with Gasteiger partial charge in [-0.05, 0) is 38.5 Å². The van der Waals surface area contributed by atoms with E-state index in [4.69, 9.17) is 27.0 Å². The van der Waals surface area contributed by atoms with Crippen LogP contribution in [0.25, 0.3) is 0 Å². The molecule has 0 radical (unpaired) electrons. The summed E-state index contributed by atoms with van der Waals surface area (Å²) in [6.07, 6.45) is -0.844. The molecule has 0 aromatic heterocycles. The Labute approximate surface area is 183 Å². The van der Waals surface area contributed by atoms with E-state index >= 15 is 0 Å². The molecule has 178 valence electrons. The molecule has 2 N–H and O–H groups in total. The van der Waals surface area contributed by atoms with Crippen molar-refractivity contribution in [3.8, 4) is 11.5 Å². The first-order valence-corrected chi connectivity index (χ1v) is 10.9. The van der Waals surface area contributed by atoms with Gasteiger partial charge in [-0.1, -0.05) is 27.7 Å². The molecule has 0 aliphatic rings. The molecule has 0 aliphatic carbocycles. The minimum atomic E-state index is -5.17. The molecule has 1 unspecified atom stereocenters. The van der Waals surface area contributed by atoms with Crippen molar-refractivity contribution in [2.24, 2.45) is 11.8 Å². The fraction of sp³-hybridized carbons (Fsp3) is 0.600. The van der Waals surface area contributed by atoms with Crippen LogP contribution in [0.2, 0.25) is 0 Å². The largest absolute Gasteiger partial charge is 0.759 e. The second-order valence-corrected chi connectivity index (χ2v) is 9.26. The monoisotopic (exact) mass is 461 g/mol. The summed E-state index contributed by atoms with van der Waals surface area (Å²) < 4.78 is 44.7. The number of hydrogen-bond donors (Lipinski definition) is 2. The van der Waals surface area contributed by atoms with Crippen LogP contribution < -0.4 is 14.8 Å². The number of rotatable bonds is 7. The summed E-state index contributed by atoms with van der Waals surface area (Å²) in [7, 11) is -5.17. The van der Waals surface area contributed by atoms with E-state index in [0.717, 1.165) is 0 Å². The van der Waals surface area contributed by atoms with Gasteiger partial charge in [-0.3, -0.25) is 18.0 Å². The van der Waals surface area contributed by atoms with Crippen molar-refractivity contribution in [3.05, 3.63) is 23.8 Å². The number of nitrogens with one attached hydrogen (secondary N) is 1. The SMILES string of the molecule is CC(C)C(=O)Oc1cc(OC(=O)C(C)C)cc(C(O)CNC(C)(C)C)c1.O=S(=O)([O-])[O-]. The van der Waals surface area contributed by atoms with Crippen LogP contribution >= 0.6 is 0 Å². The van der Waals surface area contributed by atoms with Gasteiger partial charge in [0.2, 0.25) is 0 Å². The standard InChI is InChI=1S/C20H31NO5.H2O4S/c1-12(2)18(23)25-15-8-14(17(22)11-21-20(5,6)7)9-16(10-15)26-19(24)13(3)4;1-5(2,3)4/h8-10,12-13,17,21-22H,11H2,1-7H3;(H2,1,2,3,4)/p-2. The van der Waals surface area contributed by atoms with Gasteiger partial charge in [0.15, 0.2) is 0 Å². The van der Waals surface area contributed by atoms with Gasteiger partial charge < -0.3 is 29.0 Å². The van der Waals surface area contributed by atoms with E-state index in [1.165, 1.54) is 6.07 Å². The molecule has 1 aromatic rings. The predicted molar refractivity (Wildman–Crippen MR) is 111 cm³/mol. The summed E-state index contributed by atoms with van der Waals surface area (Å²) in [5, 5.41) is 13.7. The molecule has 0 bridgehead atoms. The van der Waals surface area contributed by atoms with Gasteiger partial charge >= 0.3 is 11.9 Å². The van der Waals surface area contributed by atoms with E-state index in [-0.39, 0.29) is 28.9 Å². The number of benzene rings is 1. The van der Waals surface area contributed by atoms with Gasteiger partial charge in [-0.25, -0.2) is 0 Å². The lowest BCUT2D eigenvalue weighted by Gasteiger charge is -2.23. The maximum absolute atomic E-state index is 11.9. The molecule has 0 saturated carbocycles. The third-order valence-corrected chi connectivity index (χ3v) is 3.49. The van der Waals surface area contributed by atoms with Crippen molar-refractivity contribution in [3.63, 3.8) is 0 Å². The average Bonchev–Trinajstić information content (AvgIpc) is 2.57. The summed E-state index contributed by atoms with van der Waals surface area (Å²) >= 11 is 0. The number of carbonyl (C=O) groups is 2. The van der Waals surface area contributed by atoms with Crippen molar-refractivity contribution in [2.45, 2.75) is 60.1 Å². The van der Waals surface area contributed by atoms with Crippen molar-refractivity contribution < 1.29 is 41.7 Å². The Morgan fingerprint density at radius 2 is 1.32 bits per heavy atom. The fourth-order valence-corrected chi connectivity index (χ4v) is 1.89. The Hall–Kier alpha value is -2.05. The molecule has 1 atom stereocenters. The highest BCUT2D eigenvalue weighted by Crippen LogP contribution is 2.28. The van der Waals surface area contributed by atoms with Crippen LogP contribution in [0, 0.1) is 11.8 Å². The summed E-state index contributed by atoms with van der Waals surface area (Å²) in [5.74, 6) is -0.915. The van der Waals surface area contributed by atoms with E-state index < -0.39 is 28.4 Å². The summed E-state index contributed by atoms with van der Waals surface area (Å²) in [6, 6.07) is 4.65. The van der Waals surface area contributed by atoms with E-state index in [0.29, 0.717) is 12.1 Å². The van der Waals surface area contributed by atoms with Crippen LogP contribution in [-0.4, -0.2) is 46.7 Å². The predicted octanol–water partition coefficient (Wildman–Crippen LogP) is 1.89. The number of hydrogen-bond acceptors (Lipinski definition) is 10. The Morgan fingerprint density at radius 3 is 1.61 bits per heavy atom. The molecule has 0 heterocycles. The Kier molecular flexibility index (Phi) is 11.3. The first-order valence-electron chi connectivity index (χ1n) is 9.57. The van der Waals surface area contributed by atoms with Crippen LogP contribution in [0.5, 0.6) is 11.5 Å². The maximum Gasteiger partial charge on any atom is 0.313 e. The third kappa shape index (κ3) is 14.6. The zero-order valence-electron chi connectivity index (χ0n) is 18.8. The highest BCUT2D eigenvalue weighted by atomic mass is 32.3. The summed E-state index contributed by atoms with van der Waals surface area (Å²) in [5.41, 5.74) is 0.345. The van der Waals surface area contributed by atoms with E-state index in [1.54, 1.807) is 39.8 Å². The van der Waals surface area contributed by atoms with Gasteiger partial charge in [0, 0.05) is 28.5 Å². The molecular weight excluding hydrogens is 430 g/mol. The van der Waals surface area contributed by atoms with Crippen LogP contribution in [0.15, 0.2) is 18.2 Å². The molecule has 0 amide bonds. The minimum Gasteiger partial charge on any atom is -0.759 e. The number of esters is 2. The number of aliphatic hydroxyl groups excluding tert-OH is 1. The molecule has 31 heavy (non-hydrogen) atoms. The highest BCUT2D eigenvalue weighted by Gasteiger charge is 2.19.